The molecule has 1 aliphatic carbocycles. The van der Waals surface area contributed by atoms with Crippen LogP contribution in [0, 0.1) is 0 Å². The maximum absolute atomic E-state index is 6.55. The summed E-state index contributed by atoms with van der Waals surface area (Å²) in [7, 11) is 0. The summed E-state index contributed by atoms with van der Waals surface area (Å²) in [5.74, 6) is 0. The van der Waals surface area contributed by atoms with Crippen LogP contribution in [0.25, 0.3) is 0 Å². The van der Waals surface area contributed by atoms with Crippen LogP contribution in [0.2, 0.25) is 0 Å². The quantitative estimate of drug-likeness (QED) is 0.741. The van der Waals surface area contributed by atoms with E-state index in [4.69, 9.17) is 11.6 Å². The summed E-state index contributed by atoms with van der Waals surface area (Å²) in [6.45, 7) is 3.47. The van der Waals surface area contributed by atoms with E-state index in [0.29, 0.717) is 0 Å². The molecular formula is C15H20ClN. The molecule has 2 heteroatoms. The number of hydrogen-bond acceptors (Lipinski definition) is 1. The topological polar surface area (TPSA) is 3.24 Å². The summed E-state index contributed by atoms with van der Waals surface area (Å²) < 4.78 is 0. The fourth-order valence-corrected chi connectivity index (χ4v) is 3.41. The summed E-state index contributed by atoms with van der Waals surface area (Å²) in [5, 5.41) is 0.166. The van der Waals surface area contributed by atoms with E-state index < -0.39 is 0 Å². The van der Waals surface area contributed by atoms with Crippen molar-refractivity contribution in [1.29, 1.82) is 0 Å². The minimum absolute atomic E-state index is 0.166. The van der Waals surface area contributed by atoms with E-state index in [2.05, 4.69) is 23.1 Å². The van der Waals surface area contributed by atoms with Gasteiger partial charge in [-0.1, -0.05) is 18.2 Å². The van der Waals surface area contributed by atoms with Crippen LogP contribution in [0.15, 0.2) is 18.2 Å². The first-order valence-corrected chi connectivity index (χ1v) is 7.25. The van der Waals surface area contributed by atoms with Crippen molar-refractivity contribution in [3.05, 3.63) is 34.9 Å². The van der Waals surface area contributed by atoms with E-state index in [9.17, 15) is 0 Å². The van der Waals surface area contributed by atoms with Crippen molar-refractivity contribution >= 4 is 11.6 Å². The molecule has 0 aromatic heterocycles. The molecule has 1 nitrogen and oxygen atoms in total. The van der Waals surface area contributed by atoms with E-state index in [1.807, 2.05) is 0 Å². The number of halogens is 1. The Morgan fingerprint density at radius 2 is 1.82 bits per heavy atom. The van der Waals surface area contributed by atoms with Crippen LogP contribution >= 0.6 is 11.6 Å². The molecule has 1 atom stereocenters. The van der Waals surface area contributed by atoms with Gasteiger partial charge in [0.05, 0.1) is 5.38 Å². The third-order valence-corrected chi connectivity index (χ3v) is 4.49. The Bertz CT molecular complexity index is 396. The molecule has 1 saturated heterocycles. The predicted molar refractivity (Wildman–Crippen MR) is 72.7 cm³/mol. The number of aryl methyl sites for hydroxylation is 2. The Balaban J connectivity index is 1.70. The first kappa shape index (κ1) is 11.6. The third-order valence-electron chi connectivity index (χ3n) is 4.10. The molecular weight excluding hydrogens is 230 g/mol. The number of nitrogens with zero attached hydrogens (tertiary/aromatic N) is 1. The lowest BCUT2D eigenvalue weighted by Crippen LogP contribution is -2.23. The number of benzene rings is 1. The van der Waals surface area contributed by atoms with Gasteiger partial charge >= 0.3 is 0 Å². The zero-order chi connectivity index (χ0) is 11.7. The van der Waals surface area contributed by atoms with Crippen molar-refractivity contribution in [1.82, 2.24) is 4.90 Å². The van der Waals surface area contributed by atoms with Gasteiger partial charge in [-0.05, 0) is 61.9 Å². The Labute approximate surface area is 109 Å². The SMILES string of the molecule is ClC(CN1CCCC1)c1ccc2c(c1)CCC2. The average molecular weight is 250 g/mol. The lowest BCUT2D eigenvalue weighted by atomic mass is 10.0. The van der Waals surface area contributed by atoms with Gasteiger partial charge in [-0.3, -0.25) is 0 Å². The number of rotatable bonds is 3. The standard InChI is InChI=1S/C15H20ClN/c16-15(11-17-8-1-2-9-17)14-7-6-12-4-3-5-13(12)10-14/h6-7,10,15H,1-5,8-9,11H2. The van der Waals surface area contributed by atoms with Gasteiger partial charge in [-0.15, -0.1) is 11.6 Å². The first-order valence-electron chi connectivity index (χ1n) is 6.81. The van der Waals surface area contributed by atoms with Crippen molar-refractivity contribution in [2.45, 2.75) is 37.5 Å². The van der Waals surface area contributed by atoms with Gasteiger partial charge in [-0.2, -0.15) is 0 Å². The normalized spacial score (nSPS) is 21.7. The minimum atomic E-state index is 0.166. The molecule has 2 aliphatic rings. The molecule has 0 spiro atoms. The summed E-state index contributed by atoms with van der Waals surface area (Å²) in [5.41, 5.74) is 4.40. The summed E-state index contributed by atoms with van der Waals surface area (Å²) in [6, 6.07) is 6.87. The van der Waals surface area contributed by atoms with Crippen molar-refractivity contribution in [2.24, 2.45) is 0 Å². The zero-order valence-corrected chi connectivity index (χ0v) is 11.0. The second kappa shape index (κ2) is 4.99. The highest BCUT2D eigenvalue weighted by atomic mass is 35.5. The maximum Gasteiger partial charge on any atom is 0.0712 e. The number of alkyl halides is 1. The second-order valence-corrected chi connectivity index (χ2v) is 5.88. The predicted octanol–water partition coefficient (Wildman–Crippen LogP) is 3.55. The molecule has 0 bridgehead atoms. The largest absolute Gasteiger partial charge is 0.302 e. The molecule has 0 amide bonds. The number of fused-ring (bicyclic) bond motifs is 1. The molecule has 1 unspecified atom stereocenters. The molecule has 17 heavy (non-hydrogen) atoms. The van der Waals surface area contributed by atoms with Gasteiger partial charge < -0.3 is 4.90 Å². The Hall–Kier alpha value is -0.530. The smallest absolute Gasteiger partial charge is 0.0712 e. The van der Waals surface area contributed by atoms with Crippen LogP contribution in [0.3, 0.4) is 0 Å². The van der Waals surface area contributed by atoms with Crippen LogP contribution in [0.4, 0.5) is 0 Å². The van der Waals surface area contributed by atoms with E-state index in [-0.39, 0.29) is 5.38 Å². The lowest BCUT2D eigenvalue weighted by molar-refractivity contribution is 0.339. The zero-order valence-electron chi connectivity index (χ0n) is 10.3. The highest BCUT2D eigenvalue weighted by Gasteiger charge is 2.19. The molecule has 0 N–H and O–H groups in total. The molecule has 1 fully saturated rings. The van der Waals surface area contributed by atoms with E-state index >= 15 is 0 Å². The van der Waals surface area contributed by atoms with E-state index in [0.717, 1.165) is 6.54 Å². The average Bonchev–Trinajstić information content (AvgIpc) is 2.97. The first-order chi connectivity index (χ1) is 8.33. The fourth-order valence-electron chi connectivity index (χ4n) is 3.08. The Kier molecular flexibility index (Phi) is 3.39. The summed E-state index contributed by atoms with van der Waals surface area (Å²) in [4.78, 5) is 2.49. The van der Waals surface area contributed by atoms with Crippen molar-refractivity contribution in [3.63, 3.8) is 0 Å². The van der Waals surface area contributed by atoms with Gasteiger partial charge in [0.15, 0.2) is 0 Å². The molecule has 1 aromatic rings. The van der Waals surface area contributed by atoms with Gasteiger partial charge in [0, 0.05) is 6.54 Å². The van der Waals surface area contributed by atoms with E-state index in [1.165, 1.54) is 56.3 Å². The Morgan fingerprint density at radius 3 is 2.65 bits per heavy atom. The minimum Gasteiger partial charge on any atom is -0.302 e. The van der Waals surface area contributed by atoms with Crippen LogP contribution in [0.1, 0.15) is 41.3 Å². The highest BCUT2D eigenvalue weighted by molar-refractivity contribution is 6.21. The molecule has 0 saturated carbocycles. The molecule has 3 rings (SSSR count). The van der Waals surface area contributed by atoms with Crippen LogP contribution in [-0.4, -0.2) is 24.5 Å². The highest BCUT2D eigenvalue weighted by Crippen LogP contribution is 2.29. The van der Waals surface area contributed by atoms with Gasteiger partial charge in [0.25, 0.3) is 0 Å². The maximum atomic E-state index is 6.55. The molecule has 1 heterocycles. The molecule has 1 aliphatic heterocycles. The van der Waals surface area contributed by atoms with Crippen molar-refractivity contribution < 1.29 is 0 Å². The number of hydrogen-bond donors (Lipinski definition) is 0. The van der Waals surface area contributed by atoms with Gasteiger partial charge in [0.2, 0.25) is 0 Å². The monoisotopic (exact) mass is 249 g/mol. The van der Waals surface area contributed by atoms with Crippen LogP contribution in [-0.2, 0) is 12.8 Å². The second-order valence-electron chi connectivity index (χ2n) is 5.36. The van der Waals surface area contributed by atoms with Crippen molar-refractivity contribution in [2.75, 3.05) is 19.6 Å². The van der Waals surface area contributed by atoms with Crippen LogP contribution < -0.4 is 0 Å². The lowest BCUT2D eigenvalue weighted by Gasteiger charge is -2.19. The third kappa shape index (κ3) is 2.51. The summed E-state index contributed by atoms with van der Waals surface area (Å²) >= 11 is 6.55. The molecule has 92 valence electrons. The van der Waals surface area contributed by atoms with Crippen LogP contribution in [0.5, 0.6) is 0 Å². The molecule has 1 aromatic carbocycles. The number of likely N-dealkylation sites (tertiary alicyclic amines) is 1. The van der Waals surface area contributed by atoms with Gasteiger partial charge in [0.1, 0.15) is 0 Å². The van der Waals surface area contributed by atoms with Gasteiger partial charge in [-0.25, -0.2) is 0 Å². The molecule has 0 radical (unpaired) electrons. The van der Waals surface area contributed by atoms with E-state index in [1.54, 1.807) is 5.56 Å². The van der Waals surface area contributed by atoms with Crippen molar-refractivity contribution in [3.8, 4) is 0 Å². The fraction of sp³-hybridized carbons (Fsp3) is 0.600. The Morgan fingerprint density at radius 1 is 1.06 bits per heavy atom. The summed E-state index contributed by atoms with van der Waals surface area (Å²) in [6.07, 6.45) is 6.50.